The number of primary amides is 1. The maximum atomic E-state index is 12.7. The Morgan fingerprint density at radius 1 is 1.29 bits per heavy atom. The molecular weight excluding hydrogens is 458 g/mol. The normalized spacial score (nSPS) is 15.1. The third-order valence-electron chi connectivity index (χ3n) is 6.34. The smallest absolute Gasteiger partial charge is 0.251 e. The van der Waals surface area contributed by atoms with Gasteiger partial charge in [-0.25, -0.2) is 0 Å². The van der Waals surface area contributed by atoms with E-state index in [1.165, 1.54) is 0 Å². The number of amides is 1. The Bertz CT molecular complexity index is 1240. The molecule has 0 radical (unpaired) electrons. The fourth-order valence-electron chi connectivity index (χ4n) is 4.32. The van der Waals surface area contributed by atoms with Gasteiger partial charge in [0.05, 0.1) is 0 Å². The number of aryl methyl sites for hydroxylation is 2. The average molecular weight is 486 g/mol. The zero-order chi connectivity index (χ0) is 22.4. The minimum atomic E-state index is -0.453. The van der Waals surface area contributed by atoms with Crippen LogP contribution >= 0.6 is 15.9 Å². The summed E-state index contributed by atoms with van der Waals surface area (Å²) in [6, 6.07) is 5.99. The van der Waals surface area contributed by atoms with Gasteiger partial charge in [-0.1, -0.05) is 0 Å². The topological polar surface area (TPSA) is 104 Å². The lowest BCUT2D eigenvalue weighted by atomic mass is 9.95. The van der Waals surface area contributed by atoms with Crippen LogP contribution in [-0.4, -0.2) is 34.4 Å². The number of nitrogens with one attached hydrogen (secondary N) is 3. The SMILES string of the molecule is Cc1cc(C)c(Cc2c(Br)cc3cc(C(N)=O)c(C)c(NC(C)C4CNC4)n23)c(=O)[nH]1. The van der Waals surface area contributed by atoms with E-state index in [4.69, 9.17) is 5.73 Å². The highest BCUT2D eigenvalue weighted by molar-refractivity contribution is 9.10. The van der Waals surface area contributed by atoms with Gasteiger partial charge in [-0.05, 0) is 67.4 Å². The number of halogens is 1. The number of pyridine rings is 2. The molecular formula is C23H28BrN5O2. The van der Waals surface area contributed by atoms with Gasteiger partial charge < -0.3 is 21.4 Å². The van der Waals surface area contributed by atoms with Gasteiger partial charge in [0.25, 0.3) is 5.56 Å². The number of H-pyrrole nitrogens is 1. The zero-order valence-electron chi connectivity index (χ0n) is 18.2. The third kappa shape index (κ3) is 3.90. The molecule has 1 aliphatic heterocycles. The fraction of sp³-hybridized carbons (Fsp3) is 0.391. The molecule has 4 heterocycles. The number of aromatic nitrogens is 2. The Labute approximate surface area is 189 Å². The summed E-state index contributed by atoms with van der Waals surface area (Å²) in [5.41, 5.74) is 11.2. The molecule has 0 saturated carbocycles. The number of aromatic amines is 1. The Balaban J connectivity index is 1.90. The van der Waals surface area contributed by atoms with Gasteiger partial charge in [0.15, 0.2) is 0 Å². The number of nitrogens with two attached hydrogens (primary N) is 1. The van der Waals surface area contributed by atoms with E-state index < -0.39 is 5.91 Å². The van der Waals surface area contributed by atoms with Crippen molar-refractivity contribution in [2.45, 2.75) is 40.2 Å². The molecule has 5 N–H and O–H groups in total. The van der Waals surface area contributed by atoms with E-state index in [2.05, 4.69) is 42.9 Å². The van der Waals surface area contributed by atoms with Crippen LogP contribution in [0.3, 0.4) is 0 Å². The summed E-state index contributed by atoms with van der Waals surface area (Å²) in [7, 11) is 0. The van der Waals surface area contributed by atoms with Crippen LogP contribution in [0, 0.1) is 26.7 Å². The summed E-state index contributed by atoms with van der Waals surface area (Å²) in [4.78, 5) is 27.7. The van der Waals surface area contributed by atoms with Crippen molar-refractivity contribution in [2.24, 2.45) is 11.7 Å². The second-order valence-electron chi connectivity index (χ2n) is 8.57. The maximum Gasteiger partial charge on any atom is 0.251 e. The highest BCUT2D eigenvalue weighted by Crippen LogP contribution is 2.33. The van der Waals surface area contributed by atoms with Crippen molar-refractivity contribution in [1.82, 2.24) is 14.7 Å². The molecule has 0 aromatic carbocycles. The minimum absolute atomic E-state index is 0.0757. The molecule has 1 fully saturated rings. The van der Waals surface area contributed by atoms with Crippen LogP contribution in [0.1, 0.15) is 45.4 Å². The van der Waals surface area contributed by atoms with Crippen LogP contribution in [0.15, 0.2) is 27.5 Å². The molecule has 0 bridgehead atoms. The summed E-state index contributed by atoms with van der Waals surface area (Å²) in [5, 5.41) is 6.94. The van der Waals surface area contributed by atoms with E-state index in [0.29, 0.717) is 17.9 Å². The molecule has 31 heavy (non-hydrogen) atoms. The molecule has 1 amide bonds. The molecule has 7 nitrogen and oxygen atoms in total. The number of carbonyl (C=O) groups excluding carboxylic acids is 1. The quantitative estimate of drug-likeness (QED) is 0.430. The first-order chi connectivity index (χ1) is 14.7. The third-order valence-corrected chi connectivity index (χ3v) is 7.03. The molecule has 0 spiro atoms. The predicted molar refractivity (Wildman–Crippen MR) is 127 cm³/mol. The van der Waals surface area contributed by atoms with Gasteiger partial charge in [0.1, 0.15) is 5.82 Å². The van der Waals surface area contributed by atoms with Crippen molar-refractivity contribution in [3.63, 3.8) is 0 Å². The number of hydrogen-bond donors (Lipinski definition) is 4. The van der Waals surface area contributed by atoms with Gasteiger partial charge in [-0.15, -0.1) is 0 Å². The lowest BCUT2D eigenvalue weighted by Crippen LogP contribution is -2.50. The van der Waals surface area contributed by atoms with Gasteiger partial charge in [-0.2, -0.15) is 0 Å². The molecule has 1 unspecified atom stereocenters. The first-order valence-corrected chi connectivity index (χ1v) is 11.3. The largest absolute Gasteiger partial charge is 0.368 e. The standard InChI is InChI=1S/C23H28BrN5O2/c1-11-5-12(2)27-23(31)17(11)8-20-19(24)7-16-6-18(21(25)30)13(3)22(29(16)20)28-14(4)15-9-26-10-15/h5-7,14-15,26,28H,8-10H2,1-4H3,(H2,25,30)(H,27,31). The van der Waals surface area contributed by atoms with Crippen molar-refractivity contribution < 1.29 is 4.79 Å². The molecule has 3 aromatic heterocycles. The van der Waals surface area contributed by atoms with E-state index in [9.17, 15) is 9.59 Å². The van der Waals surface area contributed by atoms with Crippen LogP contribution in [-0.2, 0) is 6.42 Å². The number of rotatable bonds is 6. The maximum absolute atomic E-state index is 12.7. The molecule has 164 valence electrons. The predicted octanol–water partition coefficient (Wildman–Crippen LogP) is 3.02. The first kappa shape index (κ1) is 21.6. The van der Waals surface area contributed by atoms with E-state index in [1.807, 2.05) is 39.0 Å². The molecule has 1 atom stereocenters. The second-order valence-corrected chi connectivity index (χ2v) is 9.42. The van der Waals surface area contributed by atoms with Gasteiger partial charge in [0, 0.05) is 69.5 Å². The zero-order valence-corrected chi connectivity index (χ0v) is 19.8. The van der Waals surface area contributed by atoms with Crippen molar-refractivity contribution >= 4 is 33.2 Å². The number of anilines is 1. The molecule has 8 heteroatoms. The van der Waals surface area contributed by atoms with Crippen LogP contribution < -0.4 is 21.9 Å². The summed E-state index contributed by atoms with van der Waals surface area (Å²) < 4.78 is 2.99. The van der Waals surface area contributed by atoms with Crippen molar-refractivity contribution in [2.75, 3.05) is 18.4 Å². The van der Waals surface area contributed by atoms with Gasteiger partial charge in [-0.3, -0.25) is 14.0 Å². The monoisotopic (exact) mass is 485 g/mol. The van der Waals surface area contributed by atoms with Crippen LogP contribution in [0.2, 0.25) is 0 Å². The number of nitrogens with zero attached hydrogens (tertiary/aromatic N) is 1. The molecule has 0 aliphatic carbocycles. The van der Waals surface area contributed by atoms with E-state index in [1.54, 1.807) is 0 Å². The molecule has 1 aliphatic rings. The lowest BCUT2D eigenvalue weighted by Gasteiger charge is -2.34. The molecule has 3 aromatic rings. The lowest BCUT2D eigenvalue weighted by molar-refractivity contribution is 0.0999. The Morgan fingerprint density at radius 2 is 2.00 bits per heavy atom. The summed E-state index contributed by atoms with van der Waals surface area (Å²) >= 11 is 3.68. The van der Waals surface area contributed by atoms with Gasteiger partial charge in [0.2, 0.25) is 5.91 Å². The highest BCUT2D eigenvalue weighted by Gasteiger charge is 2.26. The Hall–Kier alpha value is -2.58. The van der Waals surface area contributed by atoms with E-state index in [-0.39, 0.29) is 11.6 Å². The number of fused-ring (bicyclic) bond motifs is 1. The summed E-state index contributed by atoms with van der Waals surface area (Å²) in [5.74, 6) is 0.898. The first-order valence-electron chi connectivity index (χ1n) is 10.5. The fourth-order valence-corrected chi connectivity index (χ4v) is 4.87. The van der Waals surface area contributed by atoms with Crippen molar-refractivity contribution in [1.29, 1.82) is 0 Å². The van der Waals surface area contributed by atoms with Gasteiger partial charge >= 0.3 is 0 Å². The van der Waals surface area contributed by atoms with Crippen LogP contribution in [0.5, 0.6) is 0 Å². The van der Waals surface area contributed by atoms with Crippen molar-refractivity contribution in [3.8, 4) is 0 Å². The highest BCUT2D eigenvalue weighted by atomic mass is 79.9. The van der Waals surface area contributed by atoms with Crippen LogP contribution in [0.4, 0.5) is 5.82 Å². The summed E-state index contributed by atoms with van der Waals surface area (Å²) in [6.45, 7) is 9.84. The second kappa shape index (κ2) is 8.16. The van der Waals surface area contributed by atoms with Crippen molar-refractivity contribution in [3.05, 3.63) is 66.7 Å². The minimum Gasteiger partial charge on any atom is -0.368 e. The Morgan fingerprint density at radius 3 is 2.58 bits per heavy atom. The average Bonchev–Trinajstić information content (AvgIpc) is 2.93. The summed E-state index contributed by atoms with van der Waals surface area (Å²) in [6.07, 6.45) is 0.458. The Kier molecular flexibility index (Phi) is 5.70. The number of carbonyl (C=O) groups is 1. The van der Waals surface area contributed by atoms with Crippen LogP contribution in [0.25, 0.3) is 5.52 Å². The van der Waals surface area contributed by atoms with E-state index in [0.717, 1.165) is 57.0 Å². The number of hydrogen-bond acceptors (Lipinski definition) is 4. The molecule has 4 rings (SSSR count). The van der Waals surface area contributed by atoms with E-state index >= 15 is 0 Å². The molecule has 1 saturated heterocycles.